The van der Waals surface area contributed by atoms with E-state index in [1.165, 1.54) is 5.56 Å². The van der Waals surface area contributed by atoms with Crippen LogP contribution in [0.15, 0.2) is 48.5 Å². The number of nitrogens with zero attached hydrogens (tertiary/aromatic N) is 2. The van der Waals surface area contributed by atoms with Crippen LogP contribution in [0.25, 0.3) is 0 Å². The van der Waals surface area contributed by atoms with Crippen LogP contribution in [0.5, 0.6) is 0 Å². The summed E-state index contributed by atoms with van der Waals surface area (Å²) in [5.74, 6) is 0. The van der Waals surface area contributed by atoms with Crippen molar-refractivity contribution in [1.29, 1.82) is 0 Å². The second-order valence-corrected chi connectivity index (χ2v) is 6.94. The summed E-state index contributed by atoms with van der Waals surface area (Å²) < 4.78 is 0. The number of para-hydroxylation sites is 1. The van der Waals surface area contributed by atoms with E-state index < -0.39 is 0 Å². The SMILES string of the molecule is Cc1ccc(N2CCN(CCNC(=O)Nc3ccccc3)CC2)c(Cl)c1. The van der Waals surface area contributed by atoms with Gasteiger partial charge in [-0.1, -0.05) is 35.9 Å². The Kier molecular flexibility index (Phi) is 6.36. The van der Waals surface area contributed by atoms with E-state index >= 15 is 0 Å². The number of hydrogen-bond acceptors (Lipinski definition) is 3. The maximum atomic E-state index is 11.9. The molecule has 0 aliphatic carbocycles. The fourth-order valence-electron chi connectivity index (χ4n) is 3.11. The van der Waals surface area contributed by atoms with Crippen LogP contribution in [0.4, 0.5) is 16.2 Å². The lowest BCUT2D eigenvalue weighted by Gasteiger charge is -2.36. The van der Waals surface area contributed by atoms with Crippen LogP contribution < -0.4 is 15.5 Å². The average molecular weight is 373 g/mol. The molecule has 0 aromatic heterocycles. The molecule has 3 rings (SSSR count). The third kappa shape index (κ3) is 5.13. The molecule has 0 bridgehead atoms. The van der Waals surface area contributed by atoms with E-state index in [1.807, 2.05) is 36.4 Å². The van der Waals surface area contributed by atoms with Gasteiger partial charge in [0, 0.05) is 45.0 Å². The summed E-state index contributed by atoms with van der Waals surface area (Å²) in [7, 11) is 0. The van der Waals surface area contributed by atoms with E-state index in [1.54, 1.807) is 0 Å². The molecule has 1 fully saturated rings. The van der Waals surface area contributed by atoms with Gasteiger partial charge in [0.25, 0.3) is 0 Å². The van der Waals surface area contributed by atoms with Gasteiger partial charge in [-0.2, -0.15) is 0 Å². The first kappa shape index (κ1) is 18.5. The number of piperazine rings is 1. The third-order valence-corrected chi connectivity index (χ3v) is 4.86. The van der Waals surface area contributed by atoms with Crippen LogP contribution in [0, 0.1) is 6.92 Å². The van der Waals surface area contributed by atoms with Crippen molar-refractivity contribution in [2.75, 3.05) is 49.5 Å². The van der Waals surface area contributed by atoms with Crippen molar-refractivity contribution in [3.05, 3.63) is 59.1 Å². The lowest BCUT2D eigenvalue weighted by molar-refractivity contribution is 0.240. The molecule has 1 aliphatic rings. The highest BCUT2D eigenvalue weighted by molar-refractivity contribution is 6.33. The third-order valence-electron chi connectivity index (χ3n) is 4.56. The Morgan fingerprint density at radius 3 is 2.50 bits per heavy atom. The quantitative estimate of drug-likeness (QED) is 0.843. The van der Waals surface area contributed by atoms with Gasteiger partial charge in [-0.3, -0.25) is 4.90 Å². The second kappa shape index (κ2) is 8.92. The van der Waals surface area contributed by atoms with Gasteiger partial charge < -0.3 is 15.5 Å². The first-order valence-electron chi connectivity index (χ1n) is 8.95. The molecule has 2 N–H and O–H groups in total. The summed E-state index contributed by atoms with van der Waals surface area (Å²) in [6.07, 6.45) is 0. The summed E-state index contributed by atoms with van der Waals surface area (Å²) in [4.78, 5) is 16.6. The van der Waals surface area contributed by atoms with Gasteiger partial charge >= 0.3 is 6.03 Å². The zero-order valence-corrected chi connectivity index (χ0v) is 15.8. The molecule has 1 saturated heterocycles. The van der Waals surface area contributed by atoms with Crippen molar-refractivity contribution in [1.82, 2.24) is 10.2 Å². The first-order chi connectivity index (χ1) is 12.6. The molecule has 6 heteroatoms. The monoisotopic (exact) mass is 372 g/mol. The van der Waals surface area contributed by atoms with Crippen molar-refractivity contribution in [2.45, 2.75) is 6.92 Å². The standard InChI is InChI=1S/C20H25ClN4O/c1-16-7-8-19(18(21)15-16)25-13-11-24(12-14-25)10-9-22-20(26)23-17-5-3-2-4-6-17/h2-8,15H,9-14H2,1H3,(H2,22,23,26). The first-order valence-corrected chi connectivity index (χ1v) is 9.33. The largest absolute Gasteiger partial charge is 0.368 e. The fourth-order valence-corrected chi connectivity index (χ4v) is 3.46. The molecular formula is C20H25ClN4O. The number of anilines is 2. The molecule has 2 aromatic rings. The second-order valence-electron chi connectivity index (χ2n) is 6.53. The van der Waals surface area contributed by atoms with Crippen molar-refractivity contribution in [3.63, 3.8) is 0 Å². The van der Waals surface area contributed by atoms with Crippen molar-refractivity contribution >= 4 is 29.0 Å². The van der Waals surface area contributed by atoms with E-state index in [0.29, 0.717) is 6.54 Å². The molecule has 0 radical (unpaired) electrons. The zero-order chi connectivity index (χ0) is 18.4. The summed E-state index contributed by atoms with van der Waals surface area (Å²) in [5.41, 5.74) is 3.09. The zero-order valence-electron chi connectivity index (χ0n) is 15.0. The van der Waals surface area contributed by atoms with Crippen molar-refractivity contribution in [3.8, 4) is 0 Å². The van der Waals surface area contributed by atoms with Crippen LogP contribution in [-0.4, -0.2) is 50.2 Å². The van der Waals surface area contributed by atoms with E-state index in [4.69, 9.17) is 11.6 Å². The molecule has 0 atom stereocenters. The molecule has 5 nitrogen and oxygen atoms in total. The summed E-state index contributed by atoms with van der Waals surface area (Å²) in [6.45, 7) is 7.34. The van der Waals surface area contributed by atoms with Gasteiger partial charge in [0.05, 0.1) is 10.7 Å². The Labute approximate surface area is 159 Å². The lowest BCUT2D eigenvalue weighted by Crippen LogP contribution is -2.48. The lowest BCUT2D eigenvalue weighted by atomic mass is 10.2. The highest BCUT2D eigenvalue weighted by atomic mass is 35.5. The van der Waals surface area contributed by atoms with Gasteiger partial charge in [-0.25, -0.2) is 4.79 Å². The molecule has 138 valence electrons. The highest BCUT2D eigenvalue weighted by Crippen LogP contribution is 2.27. The summed E-state index contributed by atoms with van der Waals surface area (Å²) in [5, 5.41) is 6.56. The number of nitrogens with one attached hydrogen (secondary N) is 2. The number of carbonyl (C=O) groups is 1. The van der Waals surface area contributed by atoms with E-state index in [0.717, 1.165) is 49.1 Å². The number of rotatable bonds is 5. The van der Waals surface area contributed by atoms with Crippen LogP contribution in [0.1, 0.15) is 5.56 Å². The number of benzene rings is 2. The number of halogens is 1. The van der Waals surface area contributed by atoms with E-state index in [2.05, 4.69) is 39.5 Å². The minimum absolute atomic E-state index is 0.165. The van der Waals surface area contributed by atoms with Gasteiger partial charge in [0.2, 0.25) is 0 Å². The van der Waals surface area contributed by atoms with Crippen LogP contribution >= 0.6 is 11.6 Å². The summed E-state index contributed by atoms with van der Waals surface area (Å²) >= 11 is 6.37. The Morgan fingerprint density at radius 2 is 1.81 bits per heavy atom. The maximum absolute atomic E-state index is 11.9. The normalized spacial score (nSPS) is 14.9. The van der Waals surface area contributed by atoms with Gasteiger partial charge in [-0.15, -0.1) is 0 Å². The van der Waals surface area contributed by atoms with Gasteiger partial charge in [-0.05, 0) is 36.8 Å². The Morgan fingerprint density at radius 1 is 1.08 bits per heavy atom. The fraction of sp³-hybridized carbons (Fsp3) is 0.350. The molecular weight excluding hydrogens is 348 g/mol. The number of amides is 2. The minimum atomic E-state index is -0.165. The van der Waals surface area contributed by atoms with Crippen molar-refractivity contribution < 1.29 is 4.79 Å². The Hall–Kier alpha value is -2.24. The van der Waals surface area contributed by atoms with Crippen LogP contribution in [-0.2, 0) is 0 Å². The minimum Gasteiger partial charge on any atom is -0.368 e. The van der Waals surface area contributed by atoms with Crippen LogP contribution in [0.3, 0.4) is 0 Å². The topological polar surface area (TPSA) is 47.6 Å². The van der Waals surface area contributed by atoms with Gasteiger partial charge in [0.15, 0.2) is 0 Å². The Balaban J connectivity index is 1.38. The number of aryl methyl sites for hydroxylation is 1. The molecule has 0 spiro atoms. The molecule has 0 unspecified atom stereocenters. The predicted octanol–water partition coefficient (Wildman–Crippen LogP) is 3.59. The number of carbonyl (C=O) groups excluding carboxylic acids is 1. The maximum Gasteiger partial charge on any atom is 0.319 e. The smallest absolute Gasteiger partial charge is 0.319 e. The molecule has 2 amide bonds. The van der Waals surface area contributed by atoms with Crippen molar-refractivity contribution in [2.24, 2.45) is 0 Å². The average Bonchev–Trinajstić information content (AvgIpc) is 2.63. The molecule has 1 aliphatic heterocycles. The predicted molar refractivity (Wildman–Crippen MR) is 108 cm³/mol. The van der Waals surface area contributed by atoms with Crippen LogP contribution in [0.2, 0.25) is 5.02 Å². The molecule has 2 aromatic carbocycles. The molecule has 1 heterocycles. The summed E-state index contributed by atoms with van der Waals surface area (Å²) in [6, 6.07) is 15.5. The number of urea groups is 1. The highest BCUT2D eigenvalue weighted by Gasteiger charge is 2.18. The number of hydrogen-bond donors (Lipinski definition) is 2. The van der Waals surface area contributed by atoms with E-state index in [-0.39, 0.29) is 6.03 Å². The molecule has 0 saturated carbocycles. The Bertz CT molecular complexity index is 730. The van der Waals surface area contributed by atoms with E-state index in [9.17, 15) is 4.79 Å². The molecule has 26 heavy (non-hydrogen) atoms. The van der Waals surface area contributed by atoms with Gasteiger partial charge in [0.1, 0.15) is 0 Å².